The van der Waals surface area contributed by atoms with Gasteiger partial charge in [-0.3, -0.25) is 14.6 Å². The van der Waals surface area contributed by atoms with Crippen LogP contribution in [0.15, 0.2) is 48.7 Å². The van der Waals surface area contributed by atoms with Crippen molar-refractivity contribution in [2.45, 2.75) is 19.6 Å². The zero-order valence-corrected chi connectivity index (χ0v) is 13.4. The Hall–Kier alpha value is -2.90. The number of alkyl halides is 3. The van der Waals surface area contributed by atoms with Crippen LogP contribution in [0.5, 0.6) is 0 Å². The van der Waals surface area contributed by atoms with Gasteiger partial charge in [0.15, 0.2) is 0 Å². The first-order valence-corrected chi connectivity index (χ1v) is 7.39. The molecule has 1 aromatic heterocycles. The maximum atomic E-state index is 13.0. The molecule has 5 nitrogen and oxygen atoms in total. The van der Waals surface area contributed by atoms with E-state index in [4.69, 9.17) is 0 Å². The number of para-hydroxylation sites is 1. The Bertz CT molecular complexity index is 748. The molecule has 2 aromatic rings. The van der Waals surface area contributed by atoms with E-state index in [2.05, 4.69) is 10.3 Å². The van der Waals surface area contributed by atoms with E-state index in [1.54, 1.807) is 24.4 Å². The van der Waals surface area contributed by atoms with Crippen molar-refractivity contribution in [1.29, 1.82) is 0 Å². The summed E-state index contributed by atoms with van der Waals surface area (Å²) in [5.41, 5.74) is -0.718. The van der Waals surface area contributed by atoms with Crippen molar-refractivity contribution in [2.24, 2.45) is 0 Å². The average molecular weight is 351 g/mol. The summed E-state index contributed by atoms with van der Waals surface area (Å²) >= 11 is 0. The Labute approximate surface area is 142 Å². The minimum absolute atomic E-state index is 0.0878. The summed E-state index contributed by atoms with van der Waals surface area (Å²) in [6, 6.07) is 9.81. The van der Waals surface area contributed by atoms with Crippen LogP contribution in [0, 0.1) is 0 Å². The third-order valence-corrected chi connectivity index (χ3v) is 3.37. The summed E-state index contributed by atoms with van der Waals surface area (Å²) < 4.78 is 38.9. The Morgan fingerprint density at radius 1 is 1.12 bits per heavy atom. The Morgan fingerprint density at radius 2 is 1.80 bits per heavy atom. The van der Waals surface area contributed by atoms with Crippen molar-refractivity contribution in [2.75, 3.05) is 11.9 Å². The van der Waals surface area contributed by atoms with Gasteiger partial charge in [-0.05, 0) is 24.3 Å². The molecule has 0 fully saturated rings. The highest BCUT2D eigenvalue weighted by molar-refractivity contribution is 5.95. The molecular weight excluding hydrogens is 335 g/mol. The molecule has 8 heteroatoms. The van der Waals surface area contributed by atoms with Crippen molar-refractivity contribution in [3.63, 3.8) is 0 Å². The summed E-state index contributed by atoms with van der Waals surface area (Å²) in [5, 5.41) is 2.21. The van der Waals surface area contributed by atoms with E-state index in [-0.39, 0.29) is 24.7 Å². The lowest BCUT2D eigenvalue weighted by Gasteiger charge is -2.21. The molecule has 0 aliphatic rings. The summed E-state index contributed by atoms with van der Waals surface area (Å²) in [5.74, 6) is -1.10. The van der Waals surface area contributed by atoms with Crippen molar-refractivity contribution < 1.29 is 22.8 Å². The second kappa shape index (κ2) is 7.78. The molecule has 0 atom stereocenters. The zero-order valence-electron chi connectivity index (χ0n) is 13.4. The van der Waals surface area contributed by atoms with Crippen LogP contribution < -0.4 is 5.32 Å². The number of nitrogens with zero attached hydrogens (tertiary/aromatic N) is 2. The lowest BCUT2D eigenvalue weighted by molar-refractivity contribution is -0.137. The molecule has 0 saturated carbocycles. The highest BCUT2D eigenvalue weighted by Crippen LogP contribution is 2.34. The van der Waals surface area contributed by atoms with E-state index in [1.807, 2.05) is 0 Å². The van der Waals surface area contributed by atoms with Gasteiger partial charge in [0.2, 0.25) is 11.8 Å². The average Bonchev–Trinajstić information content (AvgIpc) is 2.54. The van der Waals surface area contributed by atoms with E-state index in [0.29, 0.717) is 5.69 Å². The van der Waals surface area contributed by atoms with Crippen LogP contribution in [0.1, 0.15) is 18.2 Å². The Balaban J connectivity index is 2.09. The van der Waals surface area contributed by atoms with Crippen LogP contribution >= 0.6 is 0 Å². The molecule has 2 rings (SSSR count). The van der Waals surface area contributed by atoms with Gasteiger partial charge in [0.25, 0.3) is 0 Å². The Morgan fingerprint density at radius 3 is 2.40 bits per heavy atom. The number of carbonyl (C=O) groups excluding carboxylic acids is 2. The van der Waals surface area contributed by atoms with Crippen LogP contribution in [-0.4, -0.2) is 28.2 Å². The molecule has 0 saturated heterocycles. The maximum absolute atomic E-state index is 13.0. The number of nitrogens with one attached hydrogen (secondary N) is 1. The number of pyridine rings is 1. The maximum Gasteiger partial charge on any atom is 0.418 e. The molecule has 25 heavy (non-hydrogen) atoms. The van der Waals surface area contributed by atoms with Gasteiger partial charge in [-0.25, -0.2) is 0 Å². The lowest BCUT2D eigenvalue weighted by Crippen LogP contribution is -2.36. The van der Waals surface area contributed by atoms with Gasteiger partial charge in [0.1, 0.15) is 6.54 Å². The van der Waals surface area contributed by atoms with Gasteiger partial charge in [0, 0.05) is 13.1 Å². The number of aromatic nitrogens is 1. The number of rotatable bonds is 5. The standard InChI is InChI=1S/C17H16F3N3O2/c1-12(24)23(10-13-6-4-5-9-21-13)11-16(25)22-15-8-3-2-7-14(15)17(18,19)20/h2-9H,10-11H2,1H3,(H,22,25). The fourth-order valence-corrected chi connectivity index (χ4v) is 2.17. The summed E-state index contributed by atoms with van der Waals surface area (Å²) in [6.07, 6.45) is -3.04. The molecule has 2 amide bonds. The third-order valence-electron chi connectivity index (χ3n) is 3.37. The van der Waals surface area contributed by atoms with Gasteiger partial charge in [-0.1, -0.05) is 18.2 Å². The first kappa shape index (κ1) is 18.4. The molecule has 1 N–H and O–H groups in total. The quantitative estimate of drug-likeness (QED) is 0.900. The number of benzene rings is 1. The van der Waals surface area contributed by atoms with Crippen LogP contribution in [0.25, 0.3) is 0 Å². The van der Waals surface area contributed by atoms with Gasteiger partial charge in [0.05, 0.1) is 23.5 Å². The number of carbonyl (C=O) groups is 2. The second-order valence-electron chi connectivity index (χ2n) is 5.29. The van der Waals surface area contributed by atoms with E-state index in [0.717, 1.165) is 12.1 Å². The van der Waals surface area contributed by atoms with E-state index in [9.17, 15) is 22.8 Å². The fourth-order valence-electron chi connectivity index (χ4n) is 2.17. The smallest absolute Gasteiger partial charge is 0.328 e. The Kier molecular flexibility index (Phi) is 5.74. The zero-order chi connectivity index (χ0) is 18.4. The van der Waals surface area contributed by atoms with Gasteiger partial charge >= 0.3 is 6.18 Å². The van der Waals surface area contributed by atoms with E-state index >= 15 is 0 Å². The van der Waals surface area contributed by atoms with Crippen molar-refractivity contribution in [1.82, 2.24) is 9.88 Å². The predicted octanol–water partition coefficient (Wildman–Crippen LogP) is 3.09. The molecule has 0 spiro atoms. The number of hydrogen-bond donors (Lipinski definition) is 1. The molecule has 0 unspecified atom stereocenters. The lowest BCUT2D eigenvalue weighted by atomic mass is 10.1. The fraction of sp³-hybridized carbons (Fsp3) is 0.235. The largest absolute Gasteiger partial charge is 0.418 e. The van der Waals surface area contributed by atoms with Gasteiger partial charge in [-0.2, -0.15) is 13.2 Å². The minimum Gasteiger partial charge on any atom is -0.328 e. The summed E-state index contributed by atoms with van der Waals surface area (Å²) in [7, 11) is 0. The number of amides is 2. The first-order chi connectivity index (χ1) is 11.8. The van der Waals surface area contributed by atoms with Crippen molar-refractivity contribution >= 4 is 17.5 Å². The van der Waals surface area contributed by atoms with Crippen LogP contribution in [-0.2, 0) is 22.3 Å². The molecule has 0 aliphatic heterocycles. The topological polar surface area (TPSA) is 62.3 Å². The molecule has 132 valence electrons. The van der Waals surface area contributed by atoms with Crippen LogP contribution in [0.2, 0.25) is 0 Å². The number of hydrogen-bond acceptors (Lipinski definition) is 3. The molecule has 0 aliphatic carbocycles. The number of halogens is 3. The van der Waals surface area contributed by atoms with E-state index in [1.165, 1.54) is 24.0 Å². The SMILES string of the molecule is CC(=O)N(CC(=O)Nc1ccccc1C(F)(F)F)Cc1ccccn1. The van der Waals surface area contributed by atoms with Gasteiger partial charge in [-0.15, -0.1) is 0 Å². The molecular formula is C17H16F3N3O2. The van der Waals surface area contributed by atoms with Crippen molar-refractivity contribution in [3.8, 4) is 0 Å². The highest BCUT2D eigenvalue weighted by Gasteiger charge is 2.33. The van der Waals surface area contributed by atoms with Gasteiger partial charge < -0.3 is 10.2 Å². The predicted molar refractivity (Wildman–Crippen MR) is 85.4 cm³/mol. The van der Waals surface area contributed by atoms with Crippen LogP contribution in [0.4, 0.5) is 18.9 Å². The first-order valence-electron chi connectivity index (χ1n) is 7.39. The van der Waals surface area contributed by atoms with Crippen molar-refractivity contribution in [3.05, 3.63) is 59.9 Å². The normalized spacial score (nSPS) is 11.0. The van der Waals surface area contributed by atoms with Crippen LogP contribution in [0.3, 0.4) is 0 Å². The molecule has 0 bridgehead atoms. The number of anilines is 1. The summed E-state index contributed by atoms with van der Waals surface area (Å²) in [6.45, 7) is 0.989. The molecule has 0 radical (unpaired) electrons. The van der Waals surface area contributed by atoms with E-state index < -0.39 is 17.6 Å². The highest BCUT2D eigenvalue weighted by atomic mass is 19.4. The second-order valence-corrected chi connectivity index (χ2v) is 5.29. The monoisotopic (exact) mass is 351 g/mol. The molecule has 1 aromatic carbocycles. The molecule has 1 heterocycles. The summed E-state index contributed by atoms with van der Waals surface area (Å²) in [4.78, 5) is 29.1. The third kappa shape index (κ3) is 5.30. The minimum atomic E-state index is -4.59.